The molecule has 0 saturated carbocycles. The molecule has 1 aromatic carbocycles. The third-order valence-corrected chi connectivity index (χ3v) is 4.52. The molecule has 10 heteroatoms. The average Bonchev–Trinajstić information content (AvgIpc) is 3.27. The first kappa shape index (κ1) is 21.1. The second-order valence-electron chi connectivity index (χ2n) is 6.55. The van der Waals surface area contributed by atoms with Gasteiger partial charge in [-0.3, -0.25) is 14.8 Å². The molecule has 158 valence electrons. The maximum Gasteiger partial charge on any atom is 0.335 e. The number of fused-ring (bicyclic) bond motifs is 1. The Morgan fingerprint density at radius 1 is 1.30 bits per heavy atom. The Morgan fingerprint density at radius 3 is 2.70 bits per heavy atom. The van der Waals surface area contributed by atoms with E-state index in [0.29, 0.717) is 42.1 Å². The number of nitrogens with two attached hydrogens (primary N) is 1. The van der Waals surface area contributed by atoms with Crippen molar-refractivity contribution in [2.45, 2.75) is 26.9 Å². The lowest BCUT2D eigenvalue weighted by atomic mass is 10.2. The van der Waals surface area contributed by atoms with Crippen LogP contribution in [0.25, 0.3) is 11.0 Å². The SMILES string of the molecule is CCn1nc(C)cc1C(=O)Nc1nc2cc(C(=O)O)cc(OC)c2n1C/C=C/CN. The van der Waals surface area contributed by atoms with Gasteiger partial charge in [-0.1, -0.05) is 12.2 Å². The largest absolute Gasteiger partial charge is 0.494 e. The van der Waals surface area contributed by atoms with Gasteiger partial charge >= 0.3 is 5.97 Å². The number of nitrogens with one attached hydrogen (secondary N) is 1. The molecule has 0 aliphatic rings. The lowest BCUT2D eigenvalue weighted by Crippen LogP contribution is -2.20. The molecule has 0 radical (unpaired) electrons. The van der Waals surface area contributed by atoms with E-state index in [1.165, 1.54) is 19.2 Å². The molecule has 4 N–H and O–H groups in total. The molecule has 1 amide bonds. The molecular formula is C20H24N6O4. The zero-order valence-corrected chi connectivity index (χ0v) is 17.0. The maximum absolute atomic E-state index is 12.9. The molecule has 0 atom stereocenters. The van der Waals surface area contributed by atoms with Crippen molar-refractivity contribution in [2.24, 2.45) is 5.73 Å². The van der Waals surface area contributed by atoms with Crippen LogP contribution in [0.5, 0.6) is 5.75 Å². The van der Waals surface area contributed by atoms with Crippen LogP contribution in [-0.2, 0) is 13.1 Å². The third-order valence-electron chi connectivity index (χ3n) is 4.52. The van der Waals surface area contributed by atoms with Gasteiger partial charge in [0.1, 0.15) is 17.0 Å². The number of anilines is 1. The number of nitrogens with zero attached hydrogens (tertiary/aromatic N) is 4. The number of carbonyl (C=O) groups is 2. The van der Waals surface area contributed by atoms with Gasteiger partial charge in [0.25, 0.3) is 5.91 Å². The molecule has 2 aromatic heterocycles. The highest BCUT2D eigenvalue weighted by atomic mass is 16.5. The average molecular weight is 412 g/mol. The van der Waals surface area contributed by atoms with Crippen LogP contribution in [0.2, 0.25) is 0 Å². The molecule has 0 fully saturated rings. The number of allylic oxidation sites excluding steroid dienone is 1. The number of hydrogen-bond acceptors (Lipinski definition) is 6. The monoisotopic (exact) mass is 412 g/mol. The molecule has 0 aliphatic heterocycles. The van der Waals surface area contributed by atoms with Crippen LogP contribution in [-0.4, -0.2) is 50.0 Å². The Bertz CT molecular complexity index is 1130. The van der Waals surface area contributed by atoms with Gasteiger partial charge in [-0.05, 0) is 32.0 Å². The summed E-state index contributed by atoms with van der Waals surface area (Å²) in [4.78, 5) is 28.8. The van der Waals surface area contributed by atoms with E-state index in [2.05, 4.69) is 15.4 Å². The van der Waals surface area contributed by atoms with Gasteiger partial charge in [0, 0.05) is 19.6 Å². The Labute approximate surface area is 172 Å². The summed E-state index contributed by atoms with van der Waals surface area (Å²) in [6.45, 7) is 4.98. The number of ether oxygens (including phenoxy) is 1. The van der Waals surface area contributed by atoms with Crippen molar-refractivity contribution >= 4 is 28.9 Å². The van der Waals surface area contributed by atoms with E-state index in [4.69, 9.17) is 10.5 Å². The number of rotatable bonds is 8. The molecule has 30 heavy (non-hydrogen) atoms. The van der Waals surface area contributed by atoms with Gasteiger partial charge in [0.15, 0.2) is 0 Å². The van der Waals surface area contributed by atoms with Crippen molar-refractivity contribution in [3.8, 4) is 5.75 Å². The van der Waals surface area contributed by atoms with E-state index in [9.17, 15) is 14.7 Å². The number of methoxy groups -OCH3 is 1. The highest BCUT2D eigenvalue weighted by Crippen LogP contribution is 2.31. The molecule has 0 saturated heterocycles. The fourth-order valence-electron chi connectivity index (χ4n) is 3.19. The number of carboxylic acids is 1. The van der Waals surface area contributed by atoms with Crippen LogP contribution < -0.4 is 15.8 Å². The molecule has 3 aromatic rings. The Morgan fingerprint density at radius 2 is 2.07 bits per heavy atom. The molecular weight excluding hydrogens is 388 g/mol. The molecule has 0 aliphatic carbocycles. The van der Waals surface area contributed by atoms with Crippen molar-refractivity contribution in [3.63, 3.8) is 0 Å². The molecule has 0 bridgehead atoms. The summed E-state index contributed by atoms with van der Waals surface area (Å²) >= 11 is 0. The molecule has 0 unspecified atom stereocenters. The van der Waals surface area contributed by atoms with Gasteiger partial charge in [-0.2, -0.15) is 5.10 Å². The van der Waals surface area contributed by atoms with Crippen LogP contribution >= 0.6 is 0 Å². The standard InChI is InChI=1S/C20H24N6O4/c1-4-26-15(9-12(2)24-26)18(27)23-20-22-14-10-13(19(28)29)11-16(30-3)17(14)25(20)8-6-5-7-21/h5-6,9-11H,4,7-8,21H2,1-3H3,(H,28,29)(H,22,23,27)/b6-5+. The lowest BCUT2D eigenvalue weighted by molar-refractivity contribution is 0.0696. The summed E-state index contributed by atoms with van der Waals surface area (Å²) in [7, 11) is 1.45. The number of carboxylic acid groups (broad SMARTS) is 1. The van der Waals surface area contributed by atoms with Crippen molar-refractivity contribution in [2.75, 3.05) is 19.0 Å². The van der Waals surface area contributed by atoms with Gasteiger partial charge < -0.3 is 20.1 Å². The molecule has 3 rings (SSSR count). The van der Waals surface area contributed by atoms with Gasteiger partial charge in [0.2, 0.25) is 5.95 Å². The van der Waals surface area contributed by atoms with Gasteiger partial charge in [-0.15, -0.1) is 0 Å². The van der Waals surface area contributed by atoms with E-state index in [-0.39, 0.29) is 17.4 Å². The summed E-state index contributed by atoms with van der Waals surface area (Å²) in [5, 5.41) is 16.5. The van der Waals surface area contributed by atoms with Crippen LogP contribution in [0.1, 0.15) is 33.5 Å². The minimum absolute atomic E-state index is 0.0408. The number of aryl methyl sites for hydroxylation is 2. The first-order valence-electron chi connectivity index (χ1n) is 9.42. The maximum atomic E-state index is 12.9. The first-order valence-corrected chi connectivity index (χ1v) is 9.42. The highest BCUT2D eigenvalue weighted by molar-refractivity contribution is 6.04. The topological polar surface area (TPSA) is 137 Å². The summed E-state index contributed by atoms with van der Waals surface area (Å²) in [6.07, 6.45) is 3.62. The summed E-state index contributed by atoms with van der Waals surface area (Å²) in [5.74, 6) is -0.859. The Hall–Kier alpha value is -3.66. The molecule has 0 spiro atoms. The van der Waals surface area contributed by atoms with E-state index in [1.54, 1.807) is 21.4 Å². The van der Waals surface area contributed by atoms with Crippen molar-refractivity contribution < 1.29 is 19.4 Å². The van der Waals surface area contributed by atoms with Crippen molar-refractivity contribution in [1.29, 1.82) is 0 Å². The number of aromatic carboxylic acids is 1. The highest BCUT2D eigenvalue weighted by Gasteiger charge is 2.21. The zero-order chi connectivity index (χ0) is 21.8. The molecule has 10 nitrogen and oxygen atoms in total. The van der Waals surface area contributed by atoms with Crippen molar-refractivity contribution in [3.05, 3.63) is 47.3 Å². The first-order chi connectivity index (χ1) is 14.4. The second kappa shape index (κ2) is 8.78. The summed E-state index contributed by atoms with van der Waals surface area (Å²) in [5.41, 5.74) is 7.68. The quantitative estimate of drug-likeness (QED) is 0.481. The minimum atomic E-state index is -1.10. The predicted octanol–water partition coefficient (Wildman–Crippen LogP) is 2.04. The zero-order valence-electron chi connectivity index (χ0n) is 17.0. The minimum Gasteiger partial charge on any atom is -0.494 e. The number of benzene rings is 1. The van der Waals surface area contributed by atoms with E-state index < -0.39 is 5.97 Å². The lowest BCUT2D eigenvalue weighted by Gasteiger charge is -2.11. The number of hydrogen-bond donors (Lipinski definition) is 3. The number of carbonyl (C=O) groups excluding carboxylic acids is 1. The Kier molecular flexibility index (Phi) is 6.17. The number of aromatic nitrogens is 4. The van der Waals surface area contributed by atoms with Crippen LogP contribution in [0.3, 0.4) is 0 Å². The van der Waals surface area contributed by atoms with Crippen LogP contribution in [0, 0.1) is 6.92 Å². The van der Waals surface area contributed by atoms with E-state index in [1.807, 2.05) is 19.9 Å². The molecule has 2 heterocycles. The predicted molar refractivity (Wildman–Crippen MR) is 112 cm³/mol. The van der Waals surface area contributed by atoms with Gasteiger partial charge in [-0.25, -0.2) is 9.78 Å². The Balaban J connectivity index is 2.11. The smallest absolute Gasteiger partial charge is 0.335 e. The summed E-state index contributed by atoms with van der Waals surface area (Å²) in [6, 6.07) is 4.57. The van der Waals surface area contributed by atoms with E-state index >= 15 is 0 Å². The fourth-order valence-corrected chi connectivity index (χ4v) is 3.19. The number of imidazole rings is 1. The third kappa shape index (κ3) is 4.03. The van der Waals surface area contributed by atoms with Crippen molar-refractivity contribution in [1.82, 2.24) is 19.3 Å². The second-order valence-corrected chi connectivity index (χ2v) is 6.55. The number of amides is 1. The van der Waals surface area contributed by atoms with E-state index in [0.717, 1.165) is 5.69 Å². The van der Waals surface area contributed by atoms with Crippen LogP contribution in [0.4, 0.5) is 5.95 Å². The fraction of sp³-hybridized carbons (Fsp3) is 0.300. The summed E-state index contributed by atoms with van der Waals surface area (Å²) < 4.78 is 8.75. The normalized spacial score (nSPS) is 11.3. The van der Waals surface area contributed by atoms with Gasteiger partial charge in [0.05, 0.1) is 23.9 Å². The van der Waals surface area contributed by atoms with Crippen LogP contribution in [0.15, 0.2) is 30.4 Å².